The number of rotatable bonds is 6. The van der Waals surface area contributed by atoms with Gasteiger partial charge in [-0.05, 0) is 13.3 Å². The normalized spacial score (nSPS) is 14.8. The molecule has 0 aliphatic carbocycles. The molecule has 2 rings (SSSR count). The molecule has 1 aliphatic heterocycles. The molecule has 10 heteroatoms. The zero-order valence-electron chi connectivity index (χ0n) is 14.0. The van der Waals surface area contributed by atoms with Crippen LogP contribution in [0.15, 0.2) is 9.95 Å². The summed E-state index contributed by atoms with van der Waals surface area (Å²) in [5, 5.41) is 6.89. The Labute approximate surface area is 144 Å². The van der Waals surface area contributed by atoms with Gasteiger partial charge in [0.2, 0.25) is 5.91 Å². The van der Waals surface area contributed by atoms with Gasteiger partial charge in [0, 0.05) is 32.7 Å². The summed E-state index contributed by atoms with van der Waals surface area (Å²) >= 11 is 1.25. The lowest BCUT2D eigenvalue weighted by Crippen LogP contribution is -2.51. The van der Waals surface area contributed by atoms with Crippen molar-refractivity contribution >= 4 is 23.8 Å². The molecule has 0 atom stereocenters. The van der Waals surface area contributed by atoms with Gasteiger partial charge in [0.25, 0.3) is 0 Å². The van der Waals surface area contributed by atoms with E-state index in [-0.39, 0.29) is 23.4 Å². The van der Waals surface area contributed by atoms with Gasteiger partial charge in [-0.15, -0.1) is 5.10 Å². The number of amides is 2. The minimum atomic E-state index is -0.334. The van der Waals surface area contributed by atoms with E-state index in [4.69, 9.17) is 4.74 Å². The van der Waals surface area contributed by atoms with Crippen molar-refractivity contribution < 1.29 is 14.3 Å². The molecular weight excluding hydrogens is 334 g/mol. The molecule has 2 heterocycles. The number of nitrogens with one attached hydrogen (secondary N) is 1. The van der Waals surface area contributed by atoms with Crippen LogP contribution in [0.5, 0.6) is 0 Å². The fourth-order valence-electron chi connectivity index (χ4n) is 2.40. The smallest absolute Gasteiger partial charge is 0.409 e. The lowest BCUT2D eigenvalue weighted by atomic mass is 10.3. The summed E-state index contributed by atoms with van der Waals surface area (Å²) in [6.07, 6.45) is 0.482. The van der Waals surface area contributed by atoms with Gasteiger partial charge in [-0.2, -0.15) is 0 Å². The van der Waals surface area contributed by atoms with Crippen molar-refractivity contribution in [2.75, 3.05) is 38.5 Å². The standard InChI is InChI=1S/C14H23N5O4S/c1-3-5-19-12(21)15-16-13(19)24-10-11(20)17-6-8-18(9-7-17)14(22)23-4-2/h3-10H2,1-2H3,(H,15,21). The molecule has 0 unspecified atom stereocenters. The number of ether oxygens (including phenoxy) is 1. The summed E-state index contributed by atoms with van der Waals surface area (Å²) in [7, 11) is 0. The number of H-pyrrole nitrogens is 1. The van der Waals surface area contributed by atoms with Crippen LogP contribution >= 0.6 is 11.8 Å². The number of nitrogens with zero attached hydrogens (tertiary/aromatic N) is 4. The summed E-state index contributed by atoms with van der Waals surface area (Å²) in [6.45, 7) is 6.57. The SMILES string of the molecule is CCCn1c(SCC(=O)N2CCN(C(=O)OCC)CC2)n[nH]c1=O. The second kappa shape index (κ2) is 8.76. The predicted molar refractivity (Wildman–Crippen MR) is 89.0 cm³/mol. The van der Waals surface area contributed by atoms with Crippen LogP contribution in [0.4, 0.5) is 4.79 Å². The highest BCUT2D eigenvalue weighted by atomic mass is 32.2. The van der Waals surface area contributed by atoms with E-state index in [1.165, 1.54) is 16.3 Å². The molecule has 24 heavy (non-hydrogen) atoms. The predicted octanol–water partition coefficient (Wildman–Crippen LogP) is 0.374. The summed E-state index contributed by atoms with van der Waals surface area (Å²) in [5.41, 5.74) is -0.255. The van der Waals surface area contributed by atoms with Crippen molar-refractivity contribution in [1.82, 2.24) is 24.6 Å². The first-order valence-electron chi connectivity index (χ1n) is 8.04. The molecule has 9 nitrogen and oxygen atoms in total. The van der Waals surface area contributed by atoms with E-state index in [9.17, 15) is 14.4 Å². The molecule has 0 saturated carbocycles. The van der Waals surface area contributed by atoms with Gasteiger partial charge in [-0.3, -0.25) is 9.36 Å². The van der Waals surface area contributed by atoms with E-state index >= 15 is 0 Å². The Hall–Kier alpha value is -1.97. The highest BCUT2D eigenvalue weighted by Crippen LogP contribution is 2.15. The first-order valence-corrected chi connectivity index (χ1v) is 9.02. The third kappa shape index (κ3) is 4.53. The van der Waals surface area contributed by atoms with Gasteiger partial charge in [0.05, 0.1) is 12.4 Å². The highest BCUT2D eigenvalue weighted by molar-refractivity contribution is 7.99. The molecule has 1 aromatic rings. The van der Waals surface area contributed by atoms with Crippen molar-refractivity contribution in [3.63, 3.8) is 0 Å². The van der Waals surface area contributed by atoms with Crippen LogP contribution in [-0.2, 0) is 16.1 Å². The van der Waals surface area contributed by atoms with E-state index < -0.39 is 0 Å². The van der Waals surface area contributed by atoms with Gasteiger partial charge in [-0.25, -0.2) is 14.7 Å². The number of aromatic nitrogens is 3. The number of hydrogen-bond donors (Lipinski definition) is 1. The quantitative estimate of drug-likeness (QED) is 0.739. The molecule has 0 spiro atoms. The van der Waals surface area contributed by atoms with Gasteiger partial charge in [-0.1, -0.05) is 18.7 Å². The van der Waals surface area contributed by atoms with E-state index in [0.29, 0.717) is 44.5 Å². The molecule has 2 amide bonds. The Bertz CT molecular complexity index is 621. The number of carbonyl (C=O) groups is 2. The molecule has 0 aromatic carbocycles. The monoisotopic (exact) mass is 357 g/mol. The lowest BCUT2D eigenvalue weighted by molar-refractivity contribution is -0.129. The van der Waals surface area contributed by atoms with Crippen molar-refractivity contribution in [3.8, 4) is 0 Å². The summed E-state index contributed by atoms with van der Waals surface area (Å²) in [6, 6.07) is 0. The molecule has 0 bridgehead atoms. The van der Waals surface area contributed by atoms with Crippen LogP contribution < -0.4 is 5.69 Å². The molecule has 1 N–H and O–H groups in total. The van der Waals surface area contributed by atoms with Crippen molar-refractivity contribution in [1.29, 1.82) is 0 Å². The zero-order valence-corrected chi connectivity index (χ0v) is 14.8. The van der Waals surface area contributed by atoms with E-state index in [1.807, 2.05) is 6.92 Å². The number of carbonyl (C=O) groups excluding carboxylic acids is 2. The number of hydrogen-bond acceptors (Lipinski definition) is 6. The van der Waals surface area contributed by atoms with Crippen molar-refractivity contribution in [2.24, 2.45) is 0 Å². The summed E-state index contributed by atoms with van der Waals surface area (Å²) in [5.74, 6) is 0.190. The van der Waals surface area contributed by atoms with Crippen molar-refractivity contribution in [2.45, 2.75) is 32.0 Å². The lowest BCUT2D eigenvalue weighted by Gasteiger charge is -2.34. The van der Waals surface area contributed by atoms with Gasteiger partial charge in [0.1, 0.15) is 0 Å². The molecule has 1 saturated heterocycles. The van der Waals surface area contributed by atoms with Gasteiger partial charge in [0.15, 0.2) is 5.16 Å². The summed E-state index contributed by atoms with van der Waals surface area (Å²) in [4.78, 5) is 38.9. The Morgan fingerprint density at radius 2 is 1.88 bits per heavy atom. The zero-order chi connectivity index (χ0) is 17.5. The first kappa shape index (κ1) is 18.4. The van der Waals surface area contributed by atoms with Crippen LogP contribution in [0, 0.1) is 0 Å². The molecule has 1 fully saturated rings. The minimum absolute atomic E-state index is 0.0259. The highest BCUT2D eigenvalue weighted by Gasteiger charge is 2.25. The van der Waals surface area contributed by atoms with Crippen LogP contribution in [0.3, 0.4) is 0 Å². The Morgan fingerprint density at radius 3 is 2.50 bits per heavy atom. The fourth-order valence-corrected chi connectivity index (χ4v) is 3.28. The van der Waals surface area contributed by atoms with E-state index in [1.54, 1.807) is 16.7 Å². The molecular formula is C14H23N5O4S. The third-order valence-corrected chi connectivity index (χ3v) is 4.61. The number of piperazine rings is 1. The Balaban J connectivity index is 1.82. The number of aromatic amines is 1. The maximum absolute atomic E-state index is 12.3. The fraction of sp³-hybridized carbons (Fsp3) is 0.714. The topological polar surface area (TPSA) is 101 Å². The summed E-state index contributed by atoms with van der Waals surface area (Å²) < 4.78 is 6.49. The maximum Gasteiger partial charge on any atom is 0.409 e. The van der Waals surface area contributed by atoms with Crippen LogP contribution in [-0.4, -0.2) is 75.1 Å². The molecule has 1 aromatic heterocycles. The number of thioether (sulfide) groups is 1. The van der Waals surface area contributed by atoms with Gasteiger partial charge >= 0.3 is 11.8 Å². The van der Waals surface area contributed by atoms with E-state index in [0.717, 1.165) is 6.42 Å². The average Bonchev–Trinajstić information content (AvgIpc) is 2.94. The maximum atomic E-state index is 12.3. The third-order valence-electron chi connectivity index (χ3n) is 3.65. The van der Waals surface area contributed by atoms with Crippen LogP contribution in [0.25, 0.3) is 0 Å². The average molecular weight is 357 g/mol. The first-order chi connectivity index (χ1) is 11.6. The largest absolute Gasteiger partial charge is 0.450 e. The second-order valence-corrected chi connectivity index (χ2v) is 6.26. The van der Waals surface area contributed by atoms with E-state index in [2.05, 4.69) is 10.2 Å². The molecule has 0 radical (unpaired) electrons. The Morgan fingerprint density at radius 1 is 1.21 bits per heavy atom. The van der Waals surface area contributed by atoms with Gasteiger partial charge < -0.3 is 14.5 Å². The molecule has 1 aliphatic rings. The van der Waals surface area contributed by atoms with Crippen LogP contribution in [0.2, 0.25) is 0 Å². The molecule has 134 valence electrons. The van der Waals surface area contributed by atoms with Crippen LogP contribution in [0.1, 0.15) is 20.3 Å². The van der Waals surface area contributed by atoms with Crippen molar-refractivity contribution in [3.05, 3.63) is 10.5 Å². The second-order valence-electron chi connectivity index (χ2n) is 5.32. The minimum Gasteiger partial charge on any atom is -0.450 e. The Kier molecular flexibility index (Phi) is 6.71.